The van der Waals surface area contributed by atoms with Crippen molar-refractivity contribution in [2.45, 2.75) is 12.1 Å². The summed E-state index contributed by atoms with van der Waals surface area (Å²) in [5.74, 6) is -0.144. The van der Waals surface area contributed by atoms with E-state index in [1.165, 1.54) is 30.2 Å². The summed E-state index contributed by atoms with van der Waals surface area (Å²) < 4.78 is 0. The molecule has 0 aliphatic heterocycles. The quantitative estimate of drug-likeness (QED) is 0.358. The number of nitrogens with zero attached hydrogens (tertiary/aromatic N) is 4. The highest BCUT2D eigenvalue weighted by Crippen LogP contribution is 2.12. The maximum absolute atomic E-state index is 11.6. The van der Waals surface area contributed by atoms with E-state index in [4.69, 9.17) is 0 Å². The molecule has 0 unspecified atom stereocenters. The number of non-ortho nitro benzene ring substituents is 1. The Morgan fingerprint density at radius 1 is 1.45 bits per heavy atom. The molecule has 0 bridgehead atoms. The molecule has 9 nitrogen and oxygen atoms in total. The van der Waals surface area contributed by atoms with Gasteiger partial charge in [0.2, 0.25) is 0 Å². The van der Waals surface area contributed by atoms with Crippen molar-refractivity contribution in [1.29, 1.82) is 0 Å². The fourth-order valence-electron chi connectivity index (χ4n) is 1.47. The Balaban J connectivity index is 1.88. The molecule has 1 amide bonds. The van der Waals surface area contributed by atoms with Gasteiger partial charge >= 0.3 is 0 Å². The highest BCUT2D eigenvalue weighted by atomic mass is 32.2. The van der Waals surface area contributed by atoms with E-state index < -0.39 is 4.92 Å². The van der Waals surface area contributed by atoms with E-state index in [0.717, 1.165) is 0 Å². The van der Waals surface area contributed by atoms with E-state index >= 15 is 0 Å². The van der Waals surface area contributed by atoms with E-state index in [1.54, 1.807) is 19.1 Å². The van der Waals surface area contributed by atoms with Gasteiger partial charge in [0.1, 0.15) is 6.33 Å². The first kappa shape index (κ1) is 15.6. The summed E-state index contributed by atoms with van der Waals surface area (Å²) in [6.45, 7) is 1.70. The Hall–Kier alpha value is -2.75. The molecule has 2 rings (SSSR count). The van der Waals surface area contributed by atoms with E-state index in [9.17, 15) is 14.9 Å². The molecule has 0 radical (unpaired) electrons. The van der Waals surface area contributed by atoms with Gasteiger partial charge in [-0.3, -0.25) is 20.0 Å². The van der Waals surface area contributed by atoms with Crippen molar-refractivity contribution in [1.82, 2.24) is 20.6 Å². The number of aromatic amines is 1. The molecular formula is C12H12N6O3S. The van der Waals surface area contributed by atoms with Crippen LogP contribution in [-0.2, 0) is 4.79 Å². The number of benzene rings is 1. The second-order valence-corrected chi connectivity index (χ2v) is 5.08. The average Bonchev–Trinajstić information content (AvgIpc) is 3.04. The molecule has 1 aromatic carbocycles. The van der Waals surface area contributed by atoms with Crippen LogP contribution in [0.3, 0.4) is 0 Å². The largest absolute Gasteiger partial charge is 0.272 e. The number of H-pyrrole nitrogens is 1. The lowest BCUT2D eigenvalue weighted by Gasteiger charge is -2.02. The second-order valence-electron chi connectivity index (χ2n) is 4.12. The van der Waals surface area contributed by atoms with E-state index in [-0.39, 0.29) is 17.3 Å². The predicted molar refractivity (Wildman–Crippen MR) is 80.6 cm³/mol. The molecular weight excluding hydrogens is 308 g/mol. The van der Waals surface area contributed by atoms with Crippen LogP contribution in [0.5, 0.6) is 0 Å². The summed E-state index contributed by atoms with van der Waals surface area (Å²) in [5.41, 5.74) is 3.65. The third-order valence-electron chi connectivity index (χ3n) is 2.58. The van der Waals surface area contributed by atoms with Crippen LogP contribution in [0.4, 0.5) is 5.69 Å². The number of hydrazone groups is 1. The summed E-state index contributed by atoms with van der Waals surface area (Å²) >= 11 is 1.20. The van der Waals surface area contributed by atoms with Crippen molar-refractivity contribution < 1.29 is 9.72 Å². The van der Waals surface area contributed by atoms with Gasteiger partial charge in [-0.2, -0.15) is 10.2 Å². The fraction of sp³-hybridized carbons (Fsp3) is 0.167. The molecule has 0 saturated carbocycles. The van der Waals surface area contributed by atoms with Gasteiger partial charge in [-0.15, -0.1) is 0 Å². The van der Waals surface area contributed by atoms with Crippen molar-refractivity contribution in [3.63, 3.8) is 0 Å². The molecule has 22 heavy (non-hydrogen) atoms. The zero-order valence-electron chi connectivity index (χ0n) is 11.5. The number of aromatic nitrogens is 3. The first-order valence-electron chi connectivity index (χ1n) is 6.12. The molecule has 0 saturated heterocycles. The van der Waals surface area contributed by atoms with Crippen LogP contribution in [0.2, 0.25) is 0 Å². The Morgan fingerprint density at radius 2 is 2.18 bits per heavy atom. The highest BCUT2D eigenvalue weighted by molar-refractivity contribution is 7.99. The van der Waals surface area contributed by atoms with E-state index in [2.05, 4.69) is 25.7 Å². The number of nitro groups is 1. The highest BCUT2D eigenvalue weighted by Gasteiger charge is 2.07. The number of nitro benzene ring substituents is 1. The molecule has 114 valence electrons. The zero-order valence-corrected chi connectivity index (χ0v) is 12.3. The van der Waals surface area contributed by atoms with Crippen LogP contribution in [0, 0.1) is 10.1 Å². The molecule has 2 aromatic rings. The molecule has 0 fully saturated rings. The lowest BCUT2D eigenvalue weighted by atomic mass is 10.1. The third-order valence-corrected chi connectivity index (χ3v) is 3.45. The van der Waals surface area contributed by atoms with Gasteiger partial charge in [-0.05, 0) is 24.6 Å². The minimum absolute atomic E-state index is 0.00374. The van der Waals surface area contributed by atoms with E-state index in [0.29, 0.717) is 16.4 Å². The monoisotopic (exact) mass is 320 g/mol. The number of thioether (sulfide) groups is 1. The molecule has 0 aliphatic rings. The average molecular weight is 320 g/mol. The molecule has 0 spiro atoms. The summed E-state index contributed by atoms with van der Waals surface area (Å²) in [6, 6.07) is 5.92. The Labute approximate surface area is 129 Å². The predicted octanol–water partition coefficient (Wildman–Crippen LogP) is 1.35. The SMILES string of the molecule is C/C(=N\NC(=O)CSc1ncn[nH]1)c1ccc([N+](=O)[O-])cc1. The van der Waals surface area contributed by atoms with Crippen LogP contribution in [0.1, 0.15) is 12.5 Å². The summed E-state index contributed by atoms with van der Waals surface area (Å²) in [6.07, 6.45) is 1.36. The number of nitrogens with one attached hydrogen (secondary N) is 2. The van der Waals surface area contributed by atoms with Crippen molar-refractivity contribution in [3.8, 4) is 0 Å². The van der Waals surface area contributed by atoms with Gasteiger partial charge in [0.05, 0.1) is 16.4 Å². The van der Waals surface area contributed by atoms with E-state index in [1.807, 2.05) is 0 Å². The van der Waals surface area contributed by atoms with Gasteiger partial charge in [0.15, 0.2) is 5.16 Å². The third kappa shape index (κ3) is 4.38. The number of rotatable bonds is 6. The number of amides is 1. The first-order valence-corrected chi connectivity index (χ1v) is 7.11. The number of hydrogen-bond donors (Lipinski definition) is 2. The topological polar surface area (TPSA) is 126 Å². The standard InChI is InChI=1S/C12H12N6O3S/c1-8(9-2-4-10(5-3-9)18(20)21)15-16-11(19)6-22-12-13-7-14-17-12/h2-5,7H,6H2,1H3,(H,16,19)(H,13,14,17)/b15-8+. The minimum Gasteiger partial charge on any atom is -0.272 e. The van der Waals surface area contributed by atoms with Crippen molar-refractivity contribution in [3.05, 3.63) is 46.3 Å². The Bertz CT molecular complexity index is 683. The number of hydrogen-bond acceptors (Lipinski definition) is 7. The fourth-order valence-corrected chi connectivity index (χ4v) is 2.04. The molecule has 0 atom stereocenters. The van der Waals surface area contributed by atoms with Crippen molar-refractivity contribution in [2.75, 3.05) is 5.75 Å². The Morgan fingerprint density at radius 3 is 2.77 bits per heavy atom. The van der Waals surface area contributed by atoms with Crippen LogP contribution < -0.4 is 5.43 Å². The molecule has 1 heterocycles. The smallest absolute Gasteiger partial charge is 0.269 e. The van der Waals surface area contributed by atoms with Crippen LogP contribution in [-0.4, -0.2) is 37.5 Å². The molecule has 2 N–H and O–H groups in total. The molecule has 10 heteroatoms. The van der Waals surface area contributed by atoms with Crippen molar-refractivity contribution in [2.24, 2.45) is 5.10 Å². The van der Waals surface area contributed by atoms with Crippen molar-refractivity contribution >= 4 is 29.1 Å². The molecule has 1 aromatic heterocycles. The summed E-state index contributed by atoms with van der Waals surface area (Å²) in [4.78, 5) is 25.6. The molecule has 0 aliphatic carbocycles. The Kier molecular flexibility index (Phi) is 5.20. The first-order chi connectivity index (χ1) is 10.6. The normalized spacial score (nSPS) is 11.2. The maximum Gasteiger partial charge on any atom is 0.269 e. The van der Waals surface area contributed by atoms with Gasteiger partial charge in [0.25, 0.3) is 11.6 Å². The summed E-state index contributed by atoms with van der Waals surface area (Å²) in [7, 11) is 0. The van der Waals surface area contributed by atoms with Crippen LogP contribution in [0.15, 0.2) is 40.9 Å². The number of carbonyl (C=O) groups is 1. The minimum atomic E-state index is -0.473. The lowest BCUT2D eigenvalue weighted by molar-refractivity contribution is -0.384. The van der Waals surface area contributed by atoms with Gasteiger partial charge < -0.3 is 0 Å². The van der Waals surface area contributed by atoms with Gasteiger partial charge in [-0.25, -0.2) is 10.4 Å². The lowest BCUT2D eigenvalue weighted by Crippen LogP contribution is -2.21. The van der Waals surface area contributed by atoms with Crippen LogP contribution in [0.25, 0.3) is 0 Å². The zero-order chi connectivity index (χ0) is 15.9. The van der Waals surface area contributed by atoms with Crippen LogP contribution >= 0.6 is 11.8 Å². The summed E-state index contributed by atoms with van der Waals surface area (Å²) in [5, 5.41) is 21.4. The van der Waals surface area contributed by atoms with Gasteiger partial charge in [0, 0.05) is 12.1 Å². The number of carbonyl (C=O) groups excluding carboxylic acids is 1. The maximum atomic E-state index is 11.6. The van der Waals surface area contributed by atoms with Gasteiger partial charge in [-0.1, -0.05) is 11.8 Å². The second kappa shape index (κ2) is 7.31.